The van der Waals surface area contributed by atoms with Gasteiger partial charge in [-0.3, -0.25) is 4.79 Å². The lowest BCUT2D eigenvalue weighted by atomic mass is 9.89. The van der Waals surface area contributed by atoms with Crippen molar-refractivity contribution in [3.63, 3.8) is 0 Å². The third-order valence-electron chi connectivity index (χ3n) is 3.46. The molecule has 0 aliphatic heterocycles. The topological polar surface area (TPSA) is 22.0 Å². The monoisotopic (exact) mass is 259 g/mol. The summed E-state index contributed by atoms with van der Waals surface area (Å²) in [6, 6.07) is 1.25. The number of hydrogen-bond donors (Lipinski definition) is 0. The number of halogens is 3. The van der Waals surface area contributed by atoms with Gasteiger partial charge in [0.05, 0.1) is 0 Å². The van der Waals surface area contributed by atoms with Crippen LogP contribution >= 0.6 is 0 Å². The summed E-state index contributed by atoms with van der Waals surface area (Å²) in [5.41, 5.74) is -0.265. The van der Waals surface area contributed by atoms with E-state index in [1.807, 2.05) is 0 Å². The van der Waals surface area contributed by atoms with Crippen molar-refractivity contribution in [1.29, 1.82) is 0 Å². The minimum Gasteiger partial charge on any atom is -0.353 e. The first kappa shape index (κ1) is 13.2. The van der Waals surface area contributed by atoms with Crippen LogP contribution in [-0.2, 0) is 6.54 Å². The highest BCUT2D eigenvalue weighted by atomic mass is 19.4. The maximum absolute atomic E-state index is 12.2. The Morgan fingerprint density at radius 1 is 1.28 bits per heavy atom. The van der Waals surface area contributed by atoms with Crippen molar-refractivity contribution < 1.29 is 18.0 Å². The van der Waals surface area contributed by atoms with Gasteiger partial charge in [0, 0.05) is 24.5 Å². The molecule has 2 nitrogen and oxygen atoms in total. The number of carbonyl (C=O) groups is 1. The van der Waals surface area contributed by atoms with E-state index in [1.165, 1.54) is 31.5 Å². The third kappa shape index (κ3) is 3.15. The molecule has 0 amide bonds. The number of nitrogens with zero attached hydrogens (tertiary/aromatic N) is 1. The Morgan fingerprint density at radius 3 is 2.56 bits per heavy atom. The highest BCUT2D eigenvalue weighted by Gasteiger charge is 2.39. The van der Waals surface area contributed by atoms with Crippen molar-refractivity contribution in [3.05, 3.63) is 24.0 Å². The van der Waals surface area contributed by atoms with E-state index in [9.17, 15) is 18.0 Å². The average molecular weight is 259 g/mol. The lowest BCUT2D eigenvalue weighted by molar-refractivity contribution is -0.0885. The Balaban J connectivity index is 1.99. The SMILES string of the molecule is O=C(c1ccn(CC2CCCCC2)c1)C(F)(F)F. The zero-order valence-corrected chi connectivity index (χ0v) is 10.0. The van der Waals surface area contributed by atoms with Crippen LogP contribution in [0.4, 0.5) is 13.2 Å². The van der Waals surface area contributed by atoms with Gasteiger partial charge in [-0.05, 0) is 24.8 Å². The molecule has 18 heavy (non-hydrogen) atoms. The number of rotatable bonds is 3. The first-order valence-corrected chi connectivity index (χ1v) is 6.24. The van der Waals surface area contributed by atoms with Gasteiger partial charge < -0.3 is 4.57 Å². The molecule has 1 aromatic rings. The number of ketones is 1. The molecule has 1 aromatic heterocycles. The fourth-order valence-corrected chi connectivity index (χ4v) is 2.52. The van der Waals surface area contributed by atoms with Crippen LogP contribution in [0.1, 0.15) is 42.5 Å². The van der Waals surface area contributed by atoms with Gasteiger partial charge in [0.1, 0.15) is 0 Å². The molecule has 0 radical (unpaired) electrons. The van der Waals surface area contributed by atoms with Crippen molar-refractivity contribution in [2.45, 2.75) is 44.8 Å². The summed E-state index contributed by atoms with van der Waals surface area (Å²) < 4.78 is 38.4. The highest BCUT2D eigenvalue weighted by molar-refractivity contribution is 6.00. The summed E-state index contributed by atoms with van der Waals surface area (Å²) in [4.78, 5) is 11.0. The Bertz CT molecular complexity index is 416. The van der Waals surface area contributed by atoms with Crippen molar-refractivity contribution in [2.75, 3.05) is 0 Å². The van der Waals surface area contributed by atoms with Gasteiger partial charge in [0.25, 0.3) is 5.78 Å². The van der Waals surface area contributed by atoms with Crippen LogP contribution in [0.25, 0.3) is 0 Å². The van der Waals surface area contributed by atoms with Crippen molar-refractivity contribution in [1.82, 2.24) is 4.57 Å². The number of hydrogen-bond acceptors (Lipinski definition) is 1. The van der Waals surface area contributed by atoms with Gasteiger partial charge in [-0.2, -0.15) is 13.2 Å². The van der Waals surface area contributed by atoms with Crippen LogP contribution in [0.3, 0.4) is 0 Å². The summed E-state index contributed by atoms with van der Waals surface area (Å²) in [5.74, 6) is -1.23. The Morgan fingerprint density at radius 2 is 1.94 bits per heavy atom. The fourth-order valence-electron chi connectivity index (χ4n) is 2.52. The van der Waals surface area contributed by atoms with Crippen LogP contribution in [0.15, 0.2) is 18.5 Å². The molecule has 100 valence electrons. The number of carbonyl (C=O) groups excluding carboxylic acids is 1. The molecule has 1 saturated carbocycles. The molecule has 0 saturated heterocycles. The Labute approximate surface area is 104 Å². The lowest BCUT2D eigenvalue weighted by Gasteiger charge is -2.21. The summed E-state index contributed by atoms with van der Waals surface area (Å²) in [7, 11) is 0. The minimum atomic E-state index is -4.78. The molecule has 0 N–H and O–H groups in total. The molecule has 2 rings (SSSR count). The summed E-state index contributed by atoms with van der Waals surface area (Å²) in [6.07, 6.45) is 3.98. The summed E-state index contributed by atoms with van der Waals surface area (Å²) in [5, 5.41) is 0. The van der Waals surface area contributed by atoms with Crippen LogP contribution in [-0.4, -0.2) is 16.5 Å². The smallest absolute Gasteiger partial charge is 0.353 e. The maximum Gasteiger partial charge on any atom is 0.454 e. The van der Waals surface area contributed by atoms with Gasteiger partial charge in [-0.25, -0.2) is 0 Å². The van der Waals surface area contributed by atoms with E-state index in [0.717, 1.165) is 12.8 Å². The summed E-state index contributed by atoms with van der Waals surface area (Å²) >= 11 is 0. The van der Waals surface area contributed by atoms with Crippen LogP contribution < -0.4 is 0 Å². The second kappa shape index (κ2) is 5.16. The molecule has 0 spiro atoms. The molecule has 1 heterocycles. The zero-order chi connectivity index (χ0) is 13.2. The van der Waals surface area contributed by atoms with Gasteiger partial charge in [-0.1, -0.05) is 19.3 Å². The van der Waals surface area contributed by atoms with Crippen LogP contribution in [0.2, 0.25) is 0 Å². The minimum absolute atomic E-state index is 0.265. The Hall–Kier alpha value is -1.26. The summed E-state index contributed by atoms with van der Waals surface area (Å²) in [6.45, 7) is 0.713. The van der Waals surface area contributed by atoms with Gasteiger partial charge >= 0.3 is 6.18 Å². The molecule has 0 atom stereocenters. The zero-order valence-electron chi connectivity index (χ0n) is 10.0. The van der Waals surface area contributed by atoms with Crippen LogP contribution in [0.5, 0.6) is 0 Å². The average Bonchev–Trinajstić information content (AvgIpc) is 2.76. The Kier molecular flexibility index (Phi) is 3.78. The largest absolute Gasteiger partial charge is 0.454 e. The quantitative estimate of drug-likeness (QED) is 0.756. The van der Waals surface area contributed by atoms with E-state index >= 15 is 0 Å². The number of Topliss-reactive ketones (excluding diaryl/α,β-unsaturated/α-hetero) is 1. The van der Waals surface area contributed by atoms with Crippen LogP contribution in [0, 0.1) is 5.92 Å². The van der Waals surface area contributed by atoms with Gasteiger partial charge in [0.15, 0.2) is 0 Å². The molecule has 5 heteroatoms. The molecular weight excluding hydrogens is 243 g/mol. The molecule has 1 fully saturated rings. The molecule has 0 bridgehead atoms. The molecular formula is C13H16F3NO. The lowest BCUT2D eigenvalue weighted by Crippen LogP contribution is -2.22. The second-order valence-corrected chi connectivity index (χ2v) is 4.93. The first-order valence-electron chi connectivity index (χ1n) is 6.24. The van der Waals surface area contributed by atoms with Gasteiger partial charge in [0.2, 0.25) is 0 Å². The molecule has 0 unspecified atom stereocenters. The normalized spacial score (nSPS) is 17.9. The van der Waals surface area contributed by atoms with Crippen molar-refractivity contribution in [2.24, 2.45) is 5.92 Å². The number of aromatic nitrogens is 1. The van der Waals surface area contributed by atoms with E-state index < -0.39 is 12.0 Å². The predicted octanol–water partition coefficient (Wildman–Crippen LogP) is 3.81. The van der Waals surface area contributed by atoms with E-state index in [-0.39, 0.29) is 5.56 Å². The number of alkyl halides is 3. The second-order valence-electron chi connectivity index (χ2n) is 4.93. The van der Waals surface area contributed by atoms with E-state index in [4.69, 9.17) is 0 Å². The first-order chi connectivity index (χ1) is 8.47. The standard InChI is InChI=1S/C13H16F3NO/c14-13(15,16)12(18)11-6-7-17(9-11)8-10-4-2-1-3-5-10/h6-7,9-10H,1-5,8H2. The molecule has 1 aliphatic rings. The molecule has 1 aliphatic carbocycles. The van der Waals surface area contributed by atoms with Gasteiger partial charge in [-0.15, -0.1) is 0 Å². The molecule has 0 aromatic carbocycles. The highest BCUT2D eigenvalue weighted by Crippen LogP contribution is 2.26. The predicted molar refractivity (Wildman–Crippen MR) is 61.4 cm³/mol. The van der Waals surface area contributed by atoms with E-state index in [0.29, 0.717) is 12.5 Å². The van der Waals surface area contributed by atoms with Crippen molar-refractivity contribution in [3.8, 4) is 0 Å². The third-order valence-corrected chi connectivity index (χ3v) is 3.46. The van der Waals surface area contributed by atoms with Crippen molar-refractivity contribution >= 4 is 5.78 Å². The van der Waals surface area contributed by atoms with E-state index in [1.54, 1.807) is 10.8 Å². The fraction of sp³-hybridized carbons (Fsp3) is 0.615. The van der Waals surface area contributed by atoms with E-state index in [2.05, 4.69) is 0 Å². The maximum atomic E-state index is 12.2.